The van der Waals surface area contributed by atoms with Gasteiger partial charge in [0.1, 0.15) is 11.5 Å². The number of methoxy groups -OCH3 is 2. The number of urea groups is 1. The van der Waals surface area contributed by atoms with Crippen molar-refractivity contribution in [3.05, 3.63) is 90.1 Å². The van der Waals surface area contributed by atoms with Crippen molar-refractivity contribution in [2.24, 2.45) is 0 Å². The number of hydrogen-bond donors (Lipinski definition) is 5. The lowest BCUT2D eigenvalue weighted by Gasteiger charge is -2.24. The van der Waals surface area contributed by atoms with E-state index in [1.54, 1.807) is 48.5 Å². The molecule has 14 nitrogen and oxygen atoms in total. The predicted octanol–water partition coefficient (Wildman–Crippen LogP) is 7.73. The molecular weight excluding hydrogens is 695 g/mol. The number of carbonyl (C=O) groups is 1. The summed E-state index contributed by atoms with van der Waals surface area (Å²) in [5, 5.41) is 10.2. The molecule has 5 rings (SSSR count). The number of benzene rings is 4. The molecule has 1 heterocycles. The Morgan fingerprint density at radius 1 is 0.882 bits per heavy atom. The van der Waals surface area contributed by atoms with Crippen LogP contribution in [0.25, 0.3) is 10.8 Å². The van der Waals surface area contributed by atoms with Crippen molar-refractivity contribution >= 4 is 63.6 Å². The van der Waals surface area contributed by atoms with Crippen LogP contribution in [0.1, 0.15) is 31.9 Å². The quantitative estimate of drug-likeness (QED) is 0.0789. The van der Waals surface area contributed by atoms with Crippen molar-refractivity contribution in [1.82, 2.24) is 9.97 Å². The number of ether oxygens (including phenoxy) is 3. The smallest absolute Gasteiger partial charge is 0.496 e. The summed E-state index contributed by atoms with van der Waals surface area (Å²) >= 11 is 0. The first-order valence-corrected chi connectivity index (χ1v) is 18.8. The van der Waals surface area contributed by atoms with Crippen LogP contribution in [0.15, 0.2) is 79.0 Å². The minimum absolute atomic E-state index is 0.0303. The maximum atomic E-state index is 13.4. The highest BCUT2D eigenvalue weighted by molar-refractivity contribution is 7.92. The summed E-state index contributed by atoms with van der Waals surface area (Å²) in [7, 11) is -3.13. The third-order valence-electron chi connectivity index (χ3n) is 7.53. The molecule has 0 saturated carbocycles. The Morgan fingerprint density at radius 2 is 1.59 bits per heavy atom. The van der Waals surface area contributed by atoms with E-state index >= 15 is 0 Å². The molecule has 0 saturated heterocycles. The molecule has 1 unspecified atom stereocenters. The Kier molecular flexibility index (Phi) is 10.9. The van der Waals surface area contributed by atoms with Crippen molar-refractivity contribution in [2.45, 2.75) is 32.3 Å². The van der Waals surface area contributed by atoms with E-state index in [4.69, 9.17) is 14.2 Å². The third-order valence-corrected chi connectivity index (χ3v) is 8.73. The lowest BCUT2D eigenvalue weighted by Crippen LogP contribution is -2.22. The van der Waals surface area contributed by atoms with Crippen LogP contribution in [0.2, 0.25) is 0 Å². The number of amides is 2. The van der Waals surface area contributed by atoms with E-state index in [1.807, 2.05) is 45.0 Å². The zero-order valence-electron chi connectivity index (χ0n) is 28.8. The number of nitrogens with zero attached hydrogens (tertiary/aromatic N) is 2. The molecule has 2 amide bonds. The first-order valence-electron chi connectivity index (χ1n) is 15.5. The number of nitrogens with one attached hydrogen (secondary N) is 4. The van der Waals surface area contributed by atoms with Gasteiger partial charge in [-0.2, -0.15) is 9.88 Å². The summed E-state index contributed by atoms with van der Waals surface area (Å²) in [6.07, 6.45) is 2.55. The van der Waals surface area contributed by atoms with Gasteiger partial charge in [0, 0.05) is 40.4 Å². The number of sulfonamides is 1. The predicted molar refractivity (Wildman–Crippen MR) is 199 cm³/mol. The van der Waals surface area contributed by atoms with E-state index in [1.165, 1.54) is 20.4 Å². The summed E-state index contributed by atoms with van der Waals surface area (Å²) < 4.78 is 55.1. The summed E-state index contributed by atoms with van der Waals surface area (Å²) in [5.74, 6) is 1.58. The SMILES string of the molecule is COc1cc(Nc2nccc(Oc3ccc(NC(=O)Nc4cc(C(C)(C)C)cc(NS(C)(=O)=O)c4OC)c4ccccc34)n2)ccc1C[P+](=O)O. The van der Waals surface area contributed by atoms with E-state index in [-0.39, 0.29) is 40.5 Å². The van der Waals surface area contributed by atoms with Gasteiger partial charge in [0.25, 0.3) is 0 Å². The van der Waals surface area contributed by atoms with E-state index < -0.39 is 24.1 Å². The van der Waals surface area contributed by atoms with Crippen LogP contribution in [-0.4, -0.2) is 49.8 Å². The molecule has 1 atom stereocenters. The molecule has 5 aromatic rings. The monoisotopic (exact) mass is 733 g/mol. The largest absolute Gasteiger partial charge is 0.510 e. The molecule has 5 N–H and O–H groups in total. The molecule has 0 aliphatic carbocycles. The first kappa shape index (κ1) is 36.8. The van der Waals surface area contributed by atoms with Crippen LogP contribution in [0, 0.1) is 0 Å². The second-order valence-electron chi connectivity index (χ2n) is 12.4. The van der Waals surface area contributed by atoms with Gasteiger partial charge in [0.15, 0.2) is 5.75 Å². The summed E-state index contributed by atoms with van der Waals surface area (Å²) in [6, 6.07) is 20.3. The fourth-order valence-corrected chi connectivity index (χ4v) is 6.30. The first-order chi connectivity index (χ1) is 24.1. The standard InChI is InChI=1S/C35H37N6O8PS/c1-35(2,3)22-17-27(32(48-5)28(18-22)41-51(6,45)46)39-34(42)38-26-13-14-29(25-10-8-7-9-24(25)26)49-31-15-16-36-33(40-31)37-23-12-11-21(20-50(43)44)30(19-23)47-4/h7-19,41H,20H2,1-6H3,(H3-,36,37,38,39,40,42,43,44)/p+1. The third kappa shape index (κ3) is 9.39. The molecule has 0 spiro atoms. The number of anilines is 5. The molecule has 0 aliphatic heterocycles. The minimum Gasteiger partial charge on any atom is -0.496 e. The molecule has 266 valence electrons. The van der Waals surface area contributed by atoms with Crippen molar-refractivity contribution in [3.63, 3.8) is 0 Å². The Bertz CT molecular complexity index is 2230. The number of aromatic nitrogens is 2. The fraction of sp³-hybridized carbons (Fsp3) is 0.229. The van der Waals surface area contributed by atoms with E-state index in [0.717, 1.165) is 11.8 Å². The molecule has 0 fully saturated rings. The van der Waals surface area contributed by atoms with Crippen LogP contribution in [-0.2, 0) is 26.2 Å². The van der Waals surface area contributed by atoms with Crippen LogP contribution in [0.3, 0.4) is 0 Å². The van der Waals surface area contributed by atoms with Gasteiger partial charge in [-0.3, -0.25) is 4.72 Å². The van der Waals surface area contributed by atoms with Crippen molar-refractivity contribution in [3.8, 4) is 23.1 Å². The normalized spacial score (nSPS) is 11.8. The van der Waals surface area contributed by atoms with E-state index in [0.29, 0.717) is 39.2 Å². The molecule has 0 bridgehead atoms. The van der Waals surface area contributed by atoms with Crippen LogP contribution in [0.5, 0.6) is 23.1 Å². The number of rotatable bonds is 12. The molecule has 0 radical (unpaired) electrons. The lowest BCUT2D eigenvalue weighted by molar-refractivity contribution is 0.262. The zero-order valence-corrected chi connectivity index (χ0v) is 30.5. The van der Waals surface area contributed by atoms with E-state index in [2.05, 4.69) is 30.6 Å². The number of hydrogen-bond acceptors (Lipinski definition) is 10. The number of fused-ring (bicyclic) bond motifs is 1. The van der Waals surface area contributed by atoms with Gasteiger partial charge in [-0.15, -0.1) is 0 Å². The molecule has 4 aromatic carbocycles. The molecule has 16 heteroatoms. The van der Waals surface area contributed by atoms with E-state index in [9.17, 15) is 22.7 Å². The Morgan fingerprint density at radius 3 is 2.25 bits per heavy atom. The van der Waals surface area contributed by atoms with Gasteiger partial charge in [-0.1, -0.05) is 45.0 Å². The Labute approximate surface area is 296 Å². The second-order valence-corrected chi connectivity index (χ2v) is 15.2. The van der Waals surface area contributed by atoms with Gasteiger partial charge in [0.05, 0.1) is 37.5 Å². The zero-order chi connectivity index (χ0) is 36.9. The van der Waals surface area contributed by atoms with Crippen molar-refractivity contribution in [1.29, 1.82) is 0 Å². The van der Waals surface area contributed by atoms with Gasteiger partial charge < -0.3 is 30.2 Å². The van der Waals surface area contributed by atoms with Crippen molar-refractivity contribution in [2.75, 3.05) is 41.1 Å². The minimum atomic E-state index is -3.64. The number of carbonyl (C=O) groups excluding carboxylic acids is 1. The lowest BCUT2D eigenvalue weighted by atomic mass is 9.86. The Balaban J connectivity index is 1.37. The maximum Gasteiger partial charge on any atom is 0.510 e. The summed E-state index contributed by atoms with van der Waals surface area (Å²) in [4.78, 5) is 31.5. The average Bonchev–Trinajstić information content (AvgIpc) is 3.05. The Hall–Kier alpha value is -5.50. The van der Waals surface area contributed by atoms with Crippen LogP contribution in [0.4, 0.5) is 33.5 Å². The highest BCUT2D eigenvalue weighted by Crippen LogP contribution is 2.40. The second kappa shape index (κ2) is 15.2. The highest BCUT2D eigenvalue weighted by Gasteiger charge is 2.23. The van der Waals surface area contributed by atoms with Gasteiger partial charge in [-0.25, -0.2) is 18.2 Å². The van der Waals surface area contributed by atoms with Crippen LogP contribution < -0.4 is 34.9 Å². The summed E-state index contributed by atoms with van der Waals surface area (Å²) in [6.45, 7) is 5.92. The maximum absolute atomic E-state index is 13.4. The van der Waals surface area contributed by atoms with Gasteiger partial charge in [0.2, 0.25) is 28.0 Å². The topological polar surface area (TPSA) is 190 Å². The summed E-state index contributed by atoms with van der Waals surface area (Å²) in [5.41, 5.74) is 2.57. The highest BCUT2D eigenvalue weighted by atomic mass is 32.2. The molecular formula is C35H38N6O8PS+. The van der Waals surface area contributed by atoms with Gasteiger partial charge >= 0.3 is 14.1 Å². The fourth-order valence-electron chi connectivity index (χ4n) is 5.20. The molecule has 51 heavy (non-hydrogen) atoms. The van der Waals surface area contributed by atoms with Crippen molar-refractivity contribution < 1.29 is 36.9 Å². The van der Waals surface area contributed by atoms with Crippen LogP contribution >= 0.6 is 8.03 Å². The molecule has 1 aromatic heterocycles. The average molecular weight is 734 g/mol. The molecule has 0 aliphatic rings. The van der Waals surface area contributed by atoms with Gasteiger partial charge in [-0.05, 0) is 51.9 Å².